The van der Waals surface area contributed by atoms with Gasteiger partial charge in [-0.2, -0.15) is 0 Å². The number of rotatable bonds is 4. The van der Waals surface area contributed by atoms with Crippen molar-refractivity contribution in [3.63, 3.8) is 0 Å². The van der Waals surface area contributed by atoms with Crippen molar-refractivity contribution in [1.82, 2.24) is 4.90 Å². The molecule has 0 aromatic heterocycles. The van der Waals surface area contributed by atoms with Crippen molar-refractivity contribution < 1.29 is 9.90 Å². The molecule has 0 radical (unpaired) electrons. The van der Waals surface area contributed by atoms with Gasteiger partial charge in [-0.25, -0.2) is 0 Å². The summed E-state index contributed by atoms with van der Waals surface area (Å²) in [6, 6.07) is 0.618. The molecular formula is C15H28N2O2. The molecular weight excluding hydrogens is 240 g/mol. The molecule has 0 amide bonds. The molecule has 110 valence electrons. The molecule has 2 fully saturated rings. The minimum absolute atomic E-state index is 0.148. The van der Waals surface area contributed by atoms with Gasteiger partial charge in [-0.15, -0.1) is 0 Å². The Balaban J connectivity index is 1.89. The van der Waals surface area contributed by atoms with Crippen LogP contribution in [0.1, 0.15) is 52.4 Å². The van der Waals surface area contributed by atoms with Crippen LogP contribution in [-0.2, 0) is 4.79 Å². The first kappa shape index (κ1) is 14.8. The summed E-state index contributed by atoms with van der Waals surface area (Å²) < 4.78 is 0. The Bertz CT molecular complexity index is 334. The van der Waals surface area contributed by atoms with Gasteiger partial charge in [0.05, 0.1) is 0 Å². The number of hydrogen-bond donors (Lipinski definition) is 2. The fourth-order valence-corrected chi connectivity index (χ4v) is 3.84. The zero-order chi connectivity index (χ0) is 14.0. The van der Waals surface area contributed by atoms with Gasteiger partial charge in [0.1, 0.15) is 5.54 Å². The van der Waals surface area contributed by atoms with E-state index in [-0.39, 0.29) is 5.92 Å². The number of hydrogen-bond acceptors (Lipinski definition) is 3. The van der Waals surface area contributed by atoms with Crippen molar-refractivity contribution in [3.05, 3.63) is 0 Å². The maximum Gasteiger partial charge on any atom is 0.323 e. The van der Waals surface area contributed by atoms with E-state index in [9.17, 15) is 9.90 Å². The van der Waals surface area contributed by atoms with Crippen molar-refractivity contribution in [3.8, 4) is 0 Å². The van der Waals surface area contributed by atoms with Gasteiger partial charge in [-0.3, -0.25) is 4.79 Å². The molecule has 1 heterocycles. The van der Waals surface area contributed by atoms with Crippen LogP contribution in [0.3, 0.4) is 0 Å². The summed E-state index contributed by atoms with van der Waals surface area (Å²) in [5.74, 6) is 0.0870. The Labute approximate surface area is 116 Å². The van der Waals surface area contributed by atoms with E-state index in [2.05, 4.69) is 18.7 Å². The summed E-state index contributed by atoms with van der Waals surface area (Å²) in [5.41, 5.74) is 5.14. The normalized spacial score (nSPS) is 40.5. The van der Waals surface area contributed by atoms with E-state index in [0.29, 0.717) is 12.5 Å². The zero-order valence-electron chi connectivity index (χ0n) is 12.3. The topological polar surface area (TPSA) is 66.6 Å². The summed E-state index contributed by atoms with van der Waals surface area (Å²) in [4.78, 5) is 13.9. The third kappa shape index (κ3) is 2.95. The van der Waals surface area contributed by atoms with Crippen molar-refractivity contribution in [2.75, 3.05) is 13.1 Å². The van der Waals surface area contributed by atoms with Crippen LogP contribution in [-0.4, -0.2) is 40.6 Å². The molecule has 1 aliphatic carbocycles. The van der Waals surface area contributed by atoms with E-state index in [1.54, 1.807) is 0 Å². The van der Waals surface area contributed by atoms with Crippen molar-refractivity contribution in [2.45, 2.75) is 64.0 Å². The molecule has 1 aliphatic heterocycles. The van der Waals surface area contributed by atoms with Gasteiger partial charge in [0.15, 0.2) is 0 Å². The Morgan fingerprint density at radius 1 is 1.37 bits per heavy atom. The van der Waals surface area contributed by atoms with Crippen LogP contribution in [0.4, 0.5) is 0 Å². The molecule has 4 nitrogen and oxygen atoms in total. The summed E-state index contributed by atoms with van der Waals surface area (Å²) in [5, 5.41) is 9.34. The van der Waals surface area contributed by atoms with Crippen LogP contribution < -0.4 is 5.73 Å². The summed E-state index contributed by atoms with van der Waals surface area (Å²) in [6.07, 6.45) is 6.08. The third-order valence-electron chi connectivity index (χ3n) is 5.54. The van der Waals surface area contributed by atoms with E-state index >= 15 is 0 Å². The monoisotopic (exact) mass is 268 g/mol. The highest BCUT2D eigenvalue weighted by Gasteiger charge is 2.45. The van der Waals surface area contributed by atoms with Crippen LogP contribution in [0.5, 0.6) is 0 Å². The second-order valence-electron chi connectivity index (χ2n) is 6.62. The van der Waals surface area contributed by atoms with E-state index in [1.807, 2.05) is 0 Å². The number of piperidine rings is 1. The smallest absolute Gasteiger partial charge is 0.323 e. The maximum absolute atomic E-state index is 11.4. The molecule has 0 aromatic rings. The minimum Gasteiger partial charge on any atom is -0.480 e. The lowest BCUT2D eigenvalue weighted by atomic mass is 9.84. The Hall–Kier alpha value is -0.610. The maximum atomic E-state index is 11.4. The molecule has 1 saturated carbocycles. The van der Waals surface area contributed by atoms with Crippen LogP contribution in [0.15, 0.2) is 0 Å². The van der Waals surface area contributed by atoms with Gasteiger partial charge in [0.2, 0.25) is 0 Å². The highest BCUT2D eigenvalue weighted by Crippen LogP contribution is 2.37. The quantitative estimate of drug-likeness (QED) is 0.819. The largest absolute Gasteiger partial charge is 0.480 e. The molecule has 1 saturated heterocycles. The molecule has 4 unspecified atom stereocenters. The Kier molecular flexibility index (Phi) is 4.51. The molecule has 3 N–H and O–H groups in total. The number of aliphatic carboxylic acids is 1. The van der Waals surface area contributed by atoms with E-state index in [1.165, 1.54) is 12.8 Å². The van der Waals surface area contributed by atoms with Gasteiger partial charge in [0, 0.05) is 6.04 Å². The first-order chi connectivity index (χ1) is 8.95. The molecule has 4 atom stereocenters. The van der Waals surface area contributed by atoms with Crippen LogP contribution in [0.2, 0.25) is 0 Å². The third-order valence-corrected chi connectivity index (χ3v) is 5.54. The molecule has 19 heavy (non-hydrogen) atoms. The average Bonchev–Trinajstić information content (AvgIpc) is 2.74. The molecule has 0 bridgehead atoms. The van der Waals surface area contributed by atoms with Crippen molar-refractivity contribution in [1.29, 1.82) is 0 Å². The highest BCUT2D eigenvalue weighted by atomic mass is 16.4. The Morgan fingerprint density at radius 3 is 2.79 bits per heavy atom. The number of nitrogens with zero attached hydrogens (tertiary/aromatic N) is 1. The molecule has 4 heteroatoms. The lowest BCUT2D eigenvalue weighted by molar-refractivity contribution is -0.145. The van der Waals surface area contributed by atoms with Gasteiger partial charge in [-0.1, -0.05) is 13.3 Å². The zero-order valence-corrected chi connectivity index (χ0v) is 12.3. The van der Waals surface area contributed by atoms with Crippen LogP contribution in [0, 0.1) is 11.8 Å². The molecule has 2 rings (SSSR count). The van der Waals surface area contributed by atoms with E-state index in [4.69, 9.17) is 5.73 Å². The van der Waals surface area contributed by atoms with Gasteiger partial charge in [0.25, 0.3) is 0 Å². The standard InChI is InChI=1S/C15H28N2O2/c1-11-5-4-9-17(12(11)2)10-7-13-6-3-8-15(13,16)14(18)19/h11-13H,3-10,16H2,1-2H3,(H,18,19). The molecule has 0 spiro atoms. The minimum atomic E-state index is -0.968. The SMILES string of the molecule is CC1CCCN(CCC2CCCC2(N)C(=O)O)C1C. The average molecular weight is 268 g/mol. The summed E-state index contributed by atoms with van der Waals surface area (Å²) >= 11 is 0. The van der Waals surface area contributed by atoms with Gasteiger partial charge in [-0.05, 0) is 64.0 Å². The van der Waals surface area contributed by atoms with Crippen LogP contribution in [0.25, 0.3) is 0 Å². The lowest BCUT2D eigenvalue weighted by Crippen LogP contribution is -2.52. The summed E-state index contributed by atoms with van der Waals surface area (Å²) in [6.45, 7) is 6.77. The second-order valence-corrected chi connectivity index (χ2v) is 6.62. The number of likely N-dealkylation sites (tertiary alicyclic amines) is 1. The molecule has 2 aliphatic rings. The predicted octanol–water partition coefficient (Wildman–Crippen LogP) is 2.08. The Morgan fingerprint density at radius 2 is 2.11 bits per heavy atom. The molecule has 0 aromatic carbocycles. The highest BCUT2D eigenvalue weighted by molar-refractivity contribution is 5.79. The first-order valence-corrected chi connectivity index (χ1v) is 7.71. The van der Waals surface area contributed by atoms with E-state index < -0.39 is 11.5 Å². The lowest BCUT2D eigenvalue weighted by Gasteiger charge is -2.39. The number of carboxylic acids is 1. The van der Waals surface area contributed by atoms with Crippen molar-refractivity contribution in [2.24, 2.45) is 17.6 Å². The first-order valence-electron chi connectivity index (χ1n) is 7.71. The van der Waals surface area contributed by atoms with E-state index in [0.717, 1.165) is 38.3 Å². The predicted molar refractivity (Wildman–Crippen MR) is 75.9 cm³/mol. The van der Waals surface area contributed by atoms with Gasteiger partial charge < -0.3 is 15.7 Å². The van der Waals surface area contributed by atoms with Crippen molar-refractivity contribution >= 4 is 5.97 Å². The number of nitrogens with two attached hydrogens (primary N) is 1. The van der Waals surface area contributed by atoms with Gasteiger partial charge >= 0.3 is 5.97 Å². The second kappa shape index (κ2) is 5.80. The fraction of sp³-hybridized carbons (Fsp3) is 0.933. The van der Waals surface area contributed by atoms with Crippen LogP contribution >= 0.6 is 0 Å². The number of carboxylic acid groups (broad SMARTS) is 1. The number of carbonyl (C=O) groups is 1. The fourth-order valence-electron chi connectivity index (χ4n) is 3.84. The summed E-state index contributed by atoms with van der Waals surface area (Å²) in [7, 11) is 0.